The molecule has 0 saturated carbocycles. The molecule has 1 aliphatic heterocycles. The van der Waals surface area contributed by atoms with Crippen molar-refractivity contribution in [3.63, 3.8) is 0 Å². The first-order valence-electron chi connectivity index (χ1n) is 6.95. The zero-order valence-electron chi connectivity index (χ0n) is 11.3. The van der Waals surface area contributed by atoms with Crippen LogP contribution in [0, 0.1) is 0 Å². The quantitative estimate of drug-likeness (QED) is 0.663. The molecule has 1 atom stereocenters. The average Bonchev–Trinajstić information content (AvgIpc) is 2.30. The lowest BCUT2D eigenvalue weighted by atomic mass is 10.1. The summed E-state index contributed by atoms with van der Waals surface area (Å²) in [6, 6.07) is 0.739. The largest absolute Gasteiger partial charge is 0.317 e. The lowest BCUT2D eigenvalue weighted by molar-refractivity contribution is 0.0989. The van der Waals surface area contributed by atoms with E-state index in [9.17, 15) is 0 Å². The molecule has 0 spiro atoms. The third-order valence-corrected chi connectivity index (χ3v) is 3.56. The summed E-state index contributed by atoms with van der Waals surface area (Å²) in [4.78, 5) is 5.23. The molecular formula is C13H29N3. The Kier molecular flexibility index (Phi) is 7.01. The van der Waals surface area contributed by atoms with Crippen molar-refractivity contribution >= 4 is 0 Å². The Balaban J connectivity index is 2.14. The Morgan fingerprint density at radius 3 is 2.38 bits per heavy atom. The van der Waals surface area contributed by atoms with Crippen LogP contribution in [0.15, 0.2) is 0 Å². The van der Waals surface area contributed by atoms with E-state index in [1.54, 1.807) is 0 Å². The molecule has 0 radical (unpaired) electrons. The van der Waals surface area contributed by atoms with Gasteiger partial charge < -0.3 is 10.2 Å². The topological polar surface area (TPSA) is 18.5 Å². The summed E-state index contributed by atoms with van der Waals surface area (Å²) >= 11 is 0. The van der Waals surface area contributed by atoms with Gasteiger partial charge in [-0.05, 0) is 39.4 Å². The Bertz CT molecular complexity index is 165. The summed E-state index contributed by atoms with van der Waals surface area (Å²) in [5.41, 5.74) is 0. The van der Waals surface area contributed by atoms with Crippen molar-refractivity contribution in [3.8, 4) is 0 Å². The summed E-state index contributed by atoms with van der Waals surface area (Å²) in [6.07, 6.45) is 2.57. The molecular weight excluding hydrogens is 198 g/mol. The van der Waals surface area contributed by atoms with E-state index in [0.29, 0.717) is 0 Å². The van der Waals surface area contributed by atoms with Gasteiger partial charge >= 0.3 is 0 Å². The van der Waals surface area contributed by atoms with Gasteiger partial charge in [0.1, 0.15) is 0 Å². The Morgan fingerprint density at radius 1 is 1.12 bits per heavy atom. The predicted molar refractivity (Wildman–Crippen MR) is 70.9 cm³/mol. The van der Waals surface area contributed by atoms with E-state index in [2.05, 4.69) is 35.9 Å². The summed E-state index contributed by atoms with van der Waals surface area (Å²) in [5.74, 6) is 0. The molecule has 0 aromatic heterocycles. The first-order chi connectivity index (χ1) is 7.77. The third kappa shape index (κ3) is 4.81. The lowest BCUT2D eigenvalue weighted by Crippen LogP contribution is -2.50. The van der Waals surface area contributed by atoms with Crippen molar-refractivity contribution in [3.05, 3.63) is 0 Å². The molecule has 1 N–H and O–H groups in total. The number of hydrogen-bond donors (Lipinski definition) is 1. The summed E-state index contributed by atoms with van der Waals surface area (Å²) in [7, 11) is 0. The number of hydrogen-bond acceptors (Lipinski definition) is 3. The van der Waals surface area contributed by atoms with Crippen molar-refractivity contribution in [1.29, 1.82) is 0 Å². The van der Waals surface area contributed by atoms with E-state index >= 15 is 0 Å². The zero-order valence-corrected chi connectivity index (χ0v) is 11.3. The number of piperazine rings is 1. The maximum atomic E-state index is 3.41. The molecule has 0 bridgehead atoms. The van der Waals surface area contributed by atoms with Gasteiger partial charge in [-0.1, -0.05) is 13.8 Å². The van der Waals surface area contributed by atoms with Gasteiger partial charge in [-0.15, -0.1) is 0 Å². The molecule has 16 heavy (non-hydrogen) atoms. The molecule has 3 nitrogen and oxygen atoms in total. The minimum atomic E-state index is 0.739. The van der Waals surface area contributed by atoms with Crippen molar-refractivity contribution in [1.82, 2.24) is 15.1 Å². The van der Waals surface area contributed by atoms with Crippen LogP contribution >= 0.6 is 0 Å². The standard InChI is InChI=1S/C13H29N3/c1-4-8-15-9-11-16(12-10-15)13(3)6-7-14-5-2/h13-14H,4-12H2,1-3H3. The molecule has 1 rings (SSSR count). The van der Waals surface area contributed by atoms with Crippen LogP contribution in [0.4, 0.5) is 0 Å². The fourth-order valence-electron chi connectivity index (χ4n) is 2.41. The second-order valence-electron chi connectivity index (χ2n) is 4.87. The smallest absolute Gasteiger partial charge is 0.0113 e. The number of nitrogens with one attached hydrogen (secondary N) is 1. The molecule has 0 aromatic rings. The van der Waals surface area contributed by atoms with Gasteiger partial charge in [-0.2, -0.15) is 0 Å². The van der Waals surface area contributed by atoms with Crippen molar-refractivity contribution in [2.45, 2.75) is 39.7 Å². The van der Waals surface area contributed by atoms with Gasteiger partial charge in [0.05, 0.1) is 0 Å². The van der Waals surface area contributed by atoms with Crippen molar-refractivity contribution in [2.75, 3.05) is 45.8 Å². The summed E-state index contributed by atoms with van der Waals surface area (Å²) < 4.78 is 0. The Hall–Kier alpha value is -0.120. The molecule has 1 aliphatic rings. The molecule has 1 saturated heterocycles. The van der Waals surface area contributed by atoms with Crippen molar-refractivity contribution in [2.24, 2.45) is 0 Å². The number of rotatable bonds is 7. The molecule has 3 heteroatoms. The van der Waals surface area contributed by atoms with Crippen molar-refractivity contribution < 1.29 is 0 Å². The second kappa shape index (κ2) is 8.04. The second-order valence-corrected chi connectivity index (χ2v) is 4.87. The highest BCUT2D eigenvalue weighted by Gasteiger charge is 2.19. The van der Waals surface area contributed by atoms with E-state index in [1.807, 2.05) is 0 Å². The lowest BCUT2D eigenvalue weighted by Gasteiger charge is -2.38. The first-order valence-corrected chi connectivity index (χ1v) is 6.95. The molecule has 1 unspecified atom stereocenters. The Labute approximate surface area is 101 Å². The fourth-order valence-corrected chi connectivity index (χ4v) is 2.41. The van der Waals surface area contributed by atoms with Gasteiger partial charge in [0.25, 0.3) is 0 Å². The summed E-state index contributed by atoms with van der Waals surface area (Å²) in [5, 5.41) is 3.41. The van der Waals surface area contributed by atoms with Crippen LogP contribution in [0.1, 0.15) is 33.6 Å². The highest BCUT2D eigenvalue weighted by Crippen LogP contribution is 2.08. The van der Waals surface area contributed by atoms with E-state index in [-0.39, 0.29) is 0 Å². The molecule has 0 aromatic carbocycles. The van der Waals surface area contributed by atoms with E-state index in [4.69, 9.17) is 0 Å². The summed E-state index contributed by atoms with van der Waals surface area (Å²) in [6.45, 7) is 15.4. The third-order valence-electron chi connectivity index (χ3n) is 3.56. The van der Waals surface area contributed by atoms with Gasteiger partial charge in [0, 0.05) is 32.2 Å². The maximum absolute atomic E-state index is 3.41. The van der Waals surface area contributed by atoms with Crippen LogP contribution in [0.5, 0.6) is 0 Å². The van der Waals surface area contributed by atoms with Crippen LogP contribution in [0.3, 0.4) is 0 Å². The first kappa shape index (κ1) is 13.9. The highest BCUT2D eigenvalue weighted by atomic mass is 15.3. The molecule has 0 aliphatic carbocycles. The normalized spacial score (nSPS) is 21.2. The molecule has 1 fully saturated rings. The highest BCUT2D eigenvalue weighted by molar-refractivity contribution is 4.76. The Morgan fingerprint density at radius 2 is 1.81 bits per heavy atom. The van der Waals surface area contributed by atoms with Gasteiger partial charge in [-0.3, -0.25) is 4.90 Å². The van der Waals surface area contributed by atoms with Crippen LogP contribution in [0.25, 0.3) is 0 Å². The van der Waals surface area contributed by atoms with Gasteiger partial charge in [0.2, 0.25) is 0 Å². The van der Waals surface area contributed by atoms with E-state index < -0.39 is 0 Å². The van der Waals surface area contributed by atoms with Gasteiger partial charge in [0.15, 0.2) is 0 Å². The average molecular weight is 227 g/mol. The fraction of sp³-hybridized carbons (Fsp3) is 1.00. The van der Waals surface area contributed by atoms with Crippen LogP contribution in [0.2, 0.25) is 0 Å². The molecule has 1 heterocycles. The predicted octanol–water partition coefficient (Wildman–Crippen LogP) is 1.40. The van der Waals surface area contributed by atoms with Crippen LogP contribution in [-0.4, -0.2) is 61.7 Å². The van der Waals surface area contributed by atoms with Crippen LogP contribution in [-0.2, 0) is 0 Å². The molecule has 0 amide bonds. The SMILES string of the molecule is CCCN1CCN(C(C)CCNCC)CC1. The van der Waals surface area contributed by atoms with E-state index in [1.165, 1.54) is 45.6 Å². The zero-order chi connectivity index (χ0) is 11.8. The minimum absolute atomic E-state index is 0.739. The van der Waals surface area contributed by atoms with E-state index in [0.717, 1.165) is 19.1 Å². The minimum Gasteiger partial charge on any atom is -0.317 e. The van der Waals surface area contributed by atoms with Crippen LogP contribution < -0.4 is 5.32 Å². The van der Waals surface area contributed by atoms with Gasteiger partial charge in [-0.25, -0.2) is 0 Å². The monoisotopic (exact) mass is 227 g/mol. The molecule has 96 valence electrons. The maximum Gasteiger partial charge on any atom is 0.0113 e. The number of nitrogens with zero attached hydrogens (tertiary/aromatic N) is 2.